The summed E-state index contributed by atoms with van der Waals surface area (Å²) in [5.41, 5.74) is 4.75. The van der Waals surface area contributed by atoms with Crippen LogP contribution in [-0.4, -0.2) is 0 Å². The molecule has 100 valence electrons. The fourth-order valence-corrected chi connectivity index (χ4v) is 2.60. The molecular formula is C14H13BrClFN2. The molecule has 0 bridgehead atoms. The topological polar surface area (TPSA) is 38.0 Å². The summed E-state index contributed by atoms with van der Waals surface area (Å²) in [7, 11) is 0. The molecule has 0 amide bonds. The molecule has 2 aromatic rings. The Morgan fingerprint density at radius 2 is 1.84 bits per heavy atom. The second-order valence-electron chi connectivity index (χ2n) is 4.22. The zero-order chi connectivity index (χ0) is 14.0. The standard InChI is InChI=1S/C14H13BrClFN2/c1-8-4-2-5-9(12(8)16)14(19-18)10-6-3-7-11(15)13(10)17/h2-7,14,19H,18H2,1H3. The van der Waals surface area contributed by atoms with Crippen molar-refractivity contribution in [2.45, 2.75) is 13.0 Å². The van der Waals surface area contributed by atoms with E-state index >= 15 is 0 Å². The molecule has 1 atom stereocenters. The van der Waals surface area contributed by atoms with Gasteiger partial charge in [0.15, 0.2) is 0 Å². The summed E-state index contributed by atoms with van der Waals surface area (Å²) in [6.45, 7) is 1.90. The van der Waals surface area contributed by atoms with Gasteiger partial charge in [-0.15, -0.1) is 0 Å². The van der Waals surface area contributed by atoms with Gasteiger partial charge in [0.05, 0.1) is 10.5 Å². The van der Waals surface area contributed by atoms with Crippen molar-refractivity contribution in [3.8, 4) is 0 Å². The highest BCUT2D eigenvalue weighted by atomic mass is 79.9. The maximum absolute atomic E-state index is 14.2. The summed E-state index contributed by atoms with van der Waals surface area (Å²) >= 11 is 9.45. The van der Waals surface area contributed by atoms with E-state index in [9.17, 15) is 4.39 Å². The number of hydrogen-bond acceptors (Lipinski definition) is 2. The van der Waals surface area contributed by atoms with Crippen molar-refractivity contribution in [3.05, 3.63) is 68.4 Å². The molecule has 0 spiro atoms. The predicted molar refractivity (Wildman–Crippen MR) is 79.5 cm³/mol. The second kappa shape index (κ2) is 6.01. The first-order valence-corrected chi connectivity index (χ1v) is 6.88. The number of halogens is 3. The average molecular weight is 344 g/mol. The Morgan fingerprint density at radius 1 is 1.21 bits per heavy atom. The Bertz CT molecular complexity index is 552. The minimum atomic E-state index is -0.495. The lowest BCUT2D eigenvalue weighted by Crippen LogP contribution is -2.30. The van der Waals surface area contributed by atoms with Gasteiger partial charge in [0.1, 0.15) is 5.82 Å². The van der Waals surface area contributed by atoms with E-state index in [1.165, 1.54) is 0 Å². The third kappa shape index (κ3) is 2.82. The van der Waals surface area contributed by atoms with Gasteiger partial charge < -0.3 is 0 Å². The lowest BCUT2D eigenvalue weighted by molar-refractivity contribution is 0.556. The van der Waals surface area contributed by atoms with Gasteiger partial charge in [0.2, 0.25) is 0 Å². The van der Waals surface area contributed by atoms with E-state index in [0.717, 1.165) is 11.1 Å². The summed E-state index contributed by atoms with van der Waals surface area (Å²) in [6.07, 6.45) is 0. The normalized spacial score (nSPS) is 12.5. The summed E-state index contributed by atoms with van der Waals surface area (Å²) in [5, 5.41) is 0.588. The molecule has 0 aliphatic rings. The summed E-state index contributed by atoms with van der Waals surface area (Å²) in [6, 6.07) is 10.2. The zero-order valence-electron chi connectivity index (χ0n) is 10.3. The van der Waals surface area contributed by atoms with Gasteiger partial charge >= 0.3 is 0 Å². The van der Waals surface area contributed by atoms with Crippen molar-refractivity contribution in [3.63, 3.8) is 0 Å². The Balaban J connectivity index is 2.57. The van der Waals surface area contributed by atoms with Gasteiger partial charge in [0, 0.05) is 10.6 Å². The molecule has 0 aliphatic heterocycles. The highest BCUT2D eigenvalue weighted by Crippen LogP contribution is 2.32. The first-order chi connectivity index (χ1) is 9.06. The van der Waals surface area contributed by atoms with Gasteiger partial charge in [0.25, 0.3) is 0 Å². The van der Waals surface area contributed by atoms with Crippen LogP contribution < -0.4 is 11.3 Å². The molecule has 5 heteroatoms. The van der Waals surface area contributed by atoms with Crippen LogP contribution >= 0.6 is 27.5 Å². The maximum atomic E-state index is 14.2. The van der Waals surface area contributed by atoms with Crippen LogP contribution in [0.25, 0.3) is 0 Å². The lowest BCUT2D eigenvalue weighted by atomic mass is 9.97. The largest absolute Gasteiger partial charge is 0.271 e. The van der Waals surface area contributed by atoms with Crippen LogP contribution in [0.4, 0.5) is 4.39 Å². The molecule has 0 aromatic heterocycles. The fourth-order valence-electron chi connectivity index (χ4n) is 1.98. The van der Waals surface area contributed by atoms with Crippen molar-refractivity contribution in [1.82, 2.24) is 5.43 Å². The first kappa shape index (κ1) is 14.5. The molecule has 1 unspecified atom stereocenters. The van der Waals surface area contributed by atoms with Crippen LogP contribution in [0.5, 0.6) is 0 Å². The van der Waals surface area contributed by atoms with Gasteiger partial charge in [-0.3, -0.25) is 5.84 Å². The van der Waals surface area contributed by atoms with Crippen LogP contribution in [0.1, 0.15) is 22.7 Å². The number of rotatable bonds is 3. The molecule has 0 radical (unpaired) electrons. The molecule has 0 fully saturated rings. The zero-order valence-corrected chi connectivity index (χ0v) is 12.6. The van der Waals surface area contributed by atoms with E-state index < -0.39 is 6.04 Å². The summed E-state index contributed by atoms with van der Waals surface area (Å²) < 4.78 is 14.6. The lowest BCUT2D eigenvalue weighted by Gasteiger charge is -2.20. The van der Waals surface area contributed by atoms with Crippen molar-refractivity contribution in [2.24, 2.45) is 5.84 Å². The van der Waals surface area contributed by atoms with Crippen molar-refractivity contribution in [2.75, 3.05) is 0 Å². The van der Waals surface area contributed by atoms with Crippen LogP contribution in [0.2, 0.25) is 5.02 Å². The number of aryl methyl sites for hydroxylation is 1. The van der Waals surface area contributed by atoms with Gasteiger partial charge in [-0.2, -0.15) is 0 Å². The first-order valence-electron chi connectivity index (χ1n) is 5.71. The molecule has 2 rings (SSSR count). The number of nitrogens with one attached hydrogen (secondary N) is 1. The number of hydrogen-bond donors (Lipinski definition) is 2. The molecule has 0 saturated heterocycles. The highest BCUT2D eigenvalue weighted by molar-refractivity contribution is 9.10. The summed E-state index contributed by atoms with van der Waals surface area (Å²) in [4.78, 5) is 0. The van der Waals surface area contributed by atoms with E-state index in [0.29, 0.717) is 15.1 Å². The second-order valence-corrected chi connectivity index (χ2v) is 5.45. The monoisotopic (exact) mass is 342 g/mol. The van der Waals surface area contributed by atoms with Crippen molar-refractivity contribution < 1.29 is 4.39 Å². The van der Waals surface area contributed by atoms with Crippen LogP contribution in [0.3, 0.4) is 0 Å². The van der Waals surface area contributed by atoms with E-state index in [4.69, 9.17) is 17.4 Å². The third-order valence-corrected chi connectivity index (χ3v) is 4.12. The van der Waals surface area contributed by atoms with Gasteiger partial charge in [-0.25, -0.2) is 9.82 Å². The summed E-state index contributed by atoms with van der Waals surface area (Å²) in [5.74, 6) is 5.24. The minimum absolute atomic E-state index is 0.344. The molecular weight excluding hydrogens is 331 g/mol. The molecule has 19 heavy (non-hydrogen) atoms. The Kier molecular flexibility index (Phi) is 4.58. The molecule has 0 heterocycles. The number of nitrogens with two attached hydrogens (primary N) is 1. The van der Waals surface area contributed by atoms with Gasteiger partial charge in [-0.05, 0) is 40.0 Å². The van der Waals surface area contributed by atoms with E-state index in [1.54, 1.807) is 18.2 Å². The van der Waals surface area contributed by atoms with Crippen molar-refractivity contribution >= 4 is 27.5 Å². The van der Waals surface area contributed by atoms with Crippen LogP contribution in [0.15, 0.2) is 40.9 Å². The quantitative estimate of drug-likeness (QED) is 0.650. The Labute approximate surface area is 124 Å². The minimum Gasteiger partial charge on any atom is -0.271 e. The van der Waals surface area contributed by atoms with Crippen LogP contribution in [-0.2, 0) is 0 Å². The number of benzene rings is 2. The molecule has 0 saturated carbocycles. The molecule has 2 aromatic carbocycles. The molecule has 0 aliphatic carbocycles. The molecule has 3 N–H and O–H groups in total. The number of hydrazine groups is 1. The van der Waals surface area contributed by atoms with E-state index in [1.807, 2.05) is 25.1 Å². The van der Waals surface area contributed by atoms with Gasteiger partial charge in [-0.1, -0.05) is 41.9 Å². The Morgan fingerprint density at radius 3 is 2.53 bits per heavy atom. The van der Waals surface area contributed by atoms with Crippen LogP contribution in [0, 0.1) is 12.7 Å². The average Bonchev–Trinajstić information content (AvgIpc) is 2.40. The smallest absolute Gasteiger partial charge is 0.142 e. The van der Waals surface area contributed by atoms with Crippen molar-refractivity contribution in [1.29, 1.82) is 0 Å². The van der Waals surface area contributed by atoms with E-state index in [-0.39, 0.29) is 5.82 Å². The predicted octanol–water partition coefficient (Wildman–Crippen LogP) is 4.10. The third-order valence-electron chi connectivity index (χ3n) is 2.99. The SMILES string of the molecule is Cc1cccc(C(NN)c2cccc(Br)c2F)c1Cl. The Hall–Kier alpha value is -0.940. The fraction of sp³-hybridized carbons (Fsp3) is 0.143. The maximum Gasteiger partial charge on any atom is 0.142 e. The van der Waals surface area contributed by atoms with E-state index in [2.05, 4.69) is 21.4 Å². The molecule has 2 nitrogen and oxygen atoms in total. The highest BCUT2D eigenvalue weighted by Gasteiger charge is 2.20.